The van der Waals surface area contributed by atoms with E-state index in [9.17, 15) is 28.8 Å². The predicted molar refractivity (Wildman–Crippen MR) is 178 cm³/mol. The first kappa shape index (κ1) is 37.6. The lowest BCUT2D eigenvalue weighted by Crippen LogP contribution is -2.57. The number of piperidine rings is 1. The van der Waals surface area contributed by atoms with Gasteiger partial charge in [0.2, 0.25) is 11.8 Å². The van der Waals surface area contributed by atoms with E-state index in [4.69, 9.17) is 4.74 Å². The third kappa shape index (κ3) is 8.95. The Morgan fingerprint density at radius 2 is 1.57 bits per heavy atom. The minimum absolute atomic E-state index is 0. The molecule has 6 rings (SSSR count). The van der Waals surface area contributed by atoms with Crippen molar-refractivity contribution < 1.29 is 33.5 Å². The lowest BCUT2D eigenvalue weighted by Gasteiger charge is -2.44. The maximum absolute atomic E-state index is 13.1. The van der Waals surface area contributed by atoms with Crippen LogP contribution in [0.2, 0.25) is 0 Å². The molecule has 0 spiro atoms. The first-order valence-corrected chi connectivity index (χ1v) is 16.3. The van der Waals surface area contributed by atoms with Gasteiger partial charge < -0.3 is 24.2 Å². The number of fused-ring (bicyclic) bond motifs is 1. The van der Waals surface area contributed by atoms with Crippen LogP contribution in [0.3, 0.4) is 0 Å². The molecule has 5 amide bonds. The van der Waals surface area contributed by atoms with Crippen LogP contribution in [0.15, 0.2) is 18.2 Å². The first-order chi connectivity index (χ1) is 21.8. The summed E-state index contributed by atoms with van der Waals surface area (Å²) in [4.78, 5) is 81.3. The van der Waals surface area contributed by atoms with Crippen LogP contribution in [0.1, 0.15) is 75.6 Å². The number of nitrogens with one attached hydrogen (secondary N) is 1. The van der Waals surface area contributed by atoms with Crippen LogP contribution < -0.4 is 10.2 Å². The summed E-state index contributed by atoms with van der Waals surface area (Å²) in [7, 11) is 2.01. The topological polar surface area (TPSA) is 140 Å². The largest absolute Gasteiger partial charge is 0.444 e. The van der Waals surface area contributed by atoms with E-state index in [1.165, 1.54) is 0 Å². The molecule has 1 unspecified atom stereocenters. The van der Waals surface area contributed by atoms with Crippen LogP contribution in [0.4, 0.5) is 10.5 Å². The van der Waals surface area contributed by atoms with Gasteiger partial charge in [0, 0.05) is 82.8 Å². The number of likely N-dealkylation sites (tertiary alicyclic amines) is 2. The summed E-state index contributed by atoms with van der Waals surface area (Å²) in [6.45, 7) is 17.1. The van der Waals surface area contributed by atoms with Crippen LogP contribution in [0.25, 0.3) is 0 Å². The molecule has 260 valence electrons. The molecular formula is C34H52N6O7. The predicted octanol–water partition coefficient (Wildman–Crippen LogP) is 2.49. The molecule has 47 heavy (non-hydrogen) atoms. The molecule has 1 N–H and O–H groups in total. The second-order valence-electron chi connectivity index (χ2n) is 13.3. The Balaban J connectivity index is 0.000000526. The van der Waals surface area contributed by atoms with E-state index in [1.54, 1.807) is 17.0 Å². The molecular weight excluding hydrogens is 604 g/mol. The van der Waals surface area contributed by atoms with E-state index in [0.29, 0.717) is 30.5 Å². The highest BCUT2D eigenvalue weighted by Crippen LogP contribution is 2.31. The van der Waals surface area contributed by atoms with E-state index in [2.05, 4.69) is 20.0 Å². The Labute approximate surface area is 278 Å². The summed E-state index contributed by atoms with van der Waals surface area (Å²) >= 11 is 0. The molecule has 0 radical (unpaired) electrons. The van der Waals surface area contributed by atoms with Crippen molar-refractivity contribution in [2.24, 2.45) is 11.8 Å². The monoisotopic (exact) mass is 656 g/mol. The summed E-state index contributed by atoms with van der Waals surface area (Å²) in [6, 6.07) is 4.28. The molecule has 1 aromatic rings. The van der Waals surface area contributed by atoms with Crippen LogP contribution in [-0.2, 0) is 19.1 Å². The van der Waals surface area contributed by atoms with Crippen molar-refractivity contribution in [1.82, 2.24) is 24.9 Å². The van der Waals surface area contributed by atoms with Crippen molar-refractivity contribution in [3.63, 3.8) is 0 Å². The molecule has 1 aromatic carbocycles. The van der Waals surface area contributed by atoms with Crippen LogP contribution >= 0.6 is 0 Å². The summed E-state index contributed by atoms with van der Waals surface area (Å²) in [5.74, 6) is -1.22. The average molecular weight is 657 g/mol. The molecule has 0 saturated carbocycles. The lowest BCUT2D eigenvalue weighted by atomic mass is 9.99. The number of nitrogens with zero attached hydrogens (tertiary/aromatic N) is 5. The highest BCUT2D eigenvalue weighted by Gasteiger charge is 2.45. The van der Waals surface area contributed by atoms with Gasteiger partial charge in [-0.2, -0.15) is 0 Å². The number of hydrogen-bond donors (Lipinski definition) is 1. The van der Waals surface area contributed by atoms with E-state index in [1.807, 2.05) is 47.7 Å². The van der Waals surface area contributed by atoms with Crippen molar-refractivity contribution in [2.45, 2.75) is 66.5 Å². The molecule has 5 aliphatic heterocycles. The zero-order valence-corrected chi connectivity index (χ0v) is 27.9. The van der Waals surface area contributed by atoms with Crippen LogP contribution in [-0.4, -0.2) is 133 Å². The van der Waals surface area contributed by atoms with E-state index in [0.717, 1.165) is 62.7 Å². The Morgan fingerprint density at radius 1 is 0.957 bits per heavy atom. The number of anilines is 1. The van der Waals surface area contributed by atoms with Crippen LogP contribution in [0.5, 0.6) is 0 Å². The number of carbonyl (C=O) groups is 6. The van der Waals surface area contributed by atoms with Crippen molar-refractivity contribution in [3.8, 4) is 0 Å². The highest BCUT2D eigenvalue weighted by molar-refractivity contribution is 6.23. The van der Waals surface area contributed by atoms with Crippen molar-refractivity contribution in [1.29, 1.82) is 0 Å². The van der Waals surface area contributed by atoms with Gasteiger partial charge in [-0.05, 0) is 52.4 Å². The number of aldehydes is 1. The van der Waals surface area contributed by atoms with E-state index >= 15 is 0 Å². The normalized spacial score (nSPS) is 22.0. The second kappa shape index (κ2) is 15.8. The van der Waals surface area contributed by atoms with Gasteiger partial charge in [0.15, 0.2) is 0 Å². The zero-order valence-electron chi connectivity index (χ0n) is 27.9. The third-order valence-corrected chi connectivity index (χ3v) is 8.57. The Bertz CT molecular complexity index is 1320. The van der Waals surface area contributed by atoms with Crippen molar-refractivity contribution in [3.05, 3.63) is 29.3 Å². The quantitative estimate of drug-likeness (QED) is 0.372. The van der Waals surface area contributed by atoms with Crippen LogP contribution in [0, 0.1) is 11.8 Å². The molecule has 1 atom stereocenters. The molecule has 0 aromatic heterocycles. The number of imide groups is 2. The zero-order chi connectivity index (χ0) is 33.8. The highest BCUT2D eigenvalue weighted by atomic mass is 16.6. The molecule has 4 fully saturated rings. The van der Waals surface area contributed by atoms with Gasteiger partial charge in [-0.15, -0.1) is 0 Å². The fourth-order valence-electron chi connectivity index (χ4n) is 6.20. The summed E-state index contributed by atoms with van der Waals surface area (Å²) in [5, 5.41) is 2.22. The van der Waals surface area contributed by atoms with Gasteiger partial charge in [-0.25, -0.2) is 4.79 Å². The number of benzene rings is 1. The van der Waals surface area contributed by atoms with Gasteiger partial charge in [0.05, 0.1) is 11.1 Å². The summed E-state index contributed by atoms with van der Waals surface area (Å²) in [6.07, 6.45) is 1.01. The fraction of sp³-hybridized carbons (Fsp3) is 0.647. The first-order valence-electron chi connectivity index (χ1n) is 16.3. The van der Waals surface area contributed by atoms with Gasteiger partial charge in [0.1, 0.15) is 17.9 Å². The Morgan fingerprint density at radius 3 is 2.11 bits per heavy atom. The second-order valence-corrected chi connectivity index (χ2v) is 13.3. The number of hydrogen-bond acceptors (Lipinski definition) is 10. The smallest absolute Gasteiger partial charge is 0.410 e. The maximum atomic E-state index is 13.1. The lowest BCUT2D eigenvalue weighted by molar-refractivity contribution is -0.136. The standard InChI is InChI=1S/C26H33N5O6.C5H9NO.C2H6.CH4/c1-26(2,3)37-25(36)30-14-16(15-30)13-28-8-10-29(11-9-28)17-4-5-18-19(12-17)24(35)31(23(18)34)20-6-7-21(32)27-22(20)33;1-6-2-5(3-6)4-7;1-2;/h4-5,12,16,20H,6-11,13-15H2,1-3H3,(H,27,32,33);4-5H,2-3H2,1H3;1-2H3;1H4. The Kier molecular flexibility index (Phi) is 12.7. The molecule has 0 bridgehead atoms. The molecule has 5 aliphatic rings. The Hall–Kier alpha value is -3.84. The minimum Gasteiger partial charge on any atom is -0.444 e. The molecule has 4 saturated heterocycles. The maximum Gasteiger partial charge on any atom is 0.410 e. The summed E-state index contributed by atoms with van der Waals surface area (Å²) in [5.41, 5.74) is 0.962. The minimum atomic E-state index is -0.963. The fourth-order valence-corrected chi connectivity index (χ4v) is 6.20. The summed E-state index contributed by atoms with van der Waals surface area (Å²) < 4.78 is 5.42. The number of rotatable bonds is 5. The average Bonchev–Trinajstić information content (AvgIpc) is 3.22. The number of ether oxygens (including phenoxy) is 1. The molecule has 13 nitrogen and oxygen atoms in total. The number of amides is 5. The molecule has 13 heteroatoms. The van der Waals surface area contributed by atoms with Gasteiger partial charge in [0.25, 0.3) is 11.8 Å². The number of piperazine rings is 1. The van der Waals surface area contributed by atoms with E-state index in [-0.39, 0.29) is 31.9 Å². The van der Waals surface area contributed by atoms with Gasteiger partial charge in [-0.1, -0.05) is 21.3 Å². The van der Waals surface area contributed by atoms with Crippen molar-refractivity contribution in [2.75, 3.05) is 70.9 Å². The third-order valence-electron chi connectivity index (χ3n) is 8.57. The van der Waals surface area contributed by atoms with Gasteiger partial charge in [-0.3, -0.25) is 34.3 Å². The van der Waals surface area contributed by atoms with Crippen molar-refractivity contribution >= 4 is 41.7 Å². The molecule has 5 heterocycles. The van der Waals surface area contributed by atoms with Gasteiger partial charge >= 0.3 is 6.09 Å². The SMILES string of the molecule is C.CC.CC(C)(C)OC(=O)N1CC(CN2CCN(c3ccc4c(c3)C(=O)N(C3CCC(=O)NC3=O)C4=O)CC2)C1.CN1CC(C=O)C1. The van der Waals surface area contributed by atoms with E-state index < -0.39 is 35.3 Å². The molecule has 0 aliphatic carbocycles. The number of carbonyl (C=O) groups excluding carboxylic acids is 6.